The lowest BCUT2D eigenvalue weighted by molar-refractivity contribution is 0.0995. The van der Waals surface area contributed by atoms with Gasteiger partial charge in [0.15, 0.2) is 0 Å². The van der Waals surface area contributed by atoms with Crippen LogP contribution in [0.3, 0.4) is 0 Å². The fraction of sp³-hybridized carbons (Fsp3) is 0.400. The van der Waals surface area contributed by atoms with Crippen molar-refractivity contribution in [3.63, 3.8) is 0 Å². The van der Waals surface area contributed by atoms with Crippen LogP contribution in [-0.4, -0.2) is 37.1 Å². The Labute approximate surface area is 89.1 Å². The average Bonchev–Trinajstić information content (AvgIpc) is 2.33. The second kappa shape index (κ2) is 6.92. The lowest BCUT2D eigenvalue weighted by Crippen LogP contribution is -2.39. The standard InChI is InChI=1S/C6H6N2O.C4H10N2/c7-6(9)5-3-1-2-4-8-5;1-2-6-4-3-5-1/h1-4H,(H2,7,9);5-6H,1-4H2. The van der Waals surface area contributed by atoms with Gasteiger partial charge in [-0.2, -0.15) is 0 Å². The third-order valence-corrected chi connectivity index (χ3v) is 1.87. The van der Waals surface area contributed by atoms with Gasteiger partial charge in [0.1, 0.15) is 5.69 Å². The zero-order valence-electron chi connectivity index (χ0n) is 8.57. The summed E-state index contributed by atoms with van der Waals surface area (Å²) < 4.78 is 0. The molecule has 82 valence electrons. The molecule has 0 atom stereocenters. The van der Waals surface area contributed by atoms with Crippen molar-refractivity contribution in [1.82, 2.24) is 15.6 Å². The Morgan fingerprint density at radius 3 is 2.07 bits per heavy atom. The lowest BCUT2D eigenvalue weighted by atomic mass is 10.3. The number of nitrogens with two attached hydrogens (primary N) is 1. The molecule has 1 aromatic rings. The van der Waals surface area contributed by atoms with Crippen molar-refractivity contribution in [2.75, 3.05) is 26.2 Å². The van der Waals surface area contributed by atoms with Gasteiger partial charge in [-0.3, -0.25) is 9.78 Å². The van der Waals surface area contributed by atoms with Gasteiger partial charge in [-0.1, -0.05) is 6.07 Å². The first-order chi connectivity index (χ1) is 7.30. The molecule has 1 saturated heterocycles. The first-order valence-electron chi connectivity index (χ1n) is 4.93. The summed E-state index contributed by atoms with van der Waals surface area (Å²) in [5, 5.41) is 6.44. The highest BCUT2D eigenvalue weighted by molar-refractivity contribution is 5.90. The van der Waals surface area contributed by atoms with Gasteiger partial charge < -0.3 is 16.4 Å². The largest absolute Gasteiger partial charge is 0.364 e. The molecular formula is C10H16N4O. The van der Waals surface area contributed by atoms with Crippen LogP contribution in [0.25, 0.3) is 0 Å². The second-order valence-corrected chi connectivity index (χ2v) is 3.08. The number of aromatic nitrogens is 1. The number of piperazine rings is 1. The highest BCUT2D eigenvalue weighted by atomic mass is 16.1. The smallest absolute Gasteiger partial charge is 0.267 e. The molecule has 0 aromatic carbocycles. The molecule has 0 saturated carbocycles. The summed E-state index contributed by atoms with van der Waals surface area (Å²) in [4.78, 5) is 14.1. The zero-order valence-corrected chi connectivity index (χ0v) is 8.57. The van der Waals surface area contributed by atoms with Crippen LogP contribution in [0.15, 0.2) is 24.4 Å². The molecule has 0 unspecified atom stereocenters. The summed E-state index contributed by atoms with van der Waals surface area (Å²) in [5.74, 6) is -0.490. The molecule has 1 aliphatic rings. The van der Waals surface area contributed by atoms with Crippen LogP contribution in [0.4, 0.5) is 0 Å². The highest BCUT2D eigenvalue weighted by Gasteiger charge is 1.96. The fourth-order valence-corrected chi connectivity index (χ4v) is 1.11. The molecule has 5 heteroatoms. The molecule has 2 rings (SSSR count). The number of carbonyl (C=O) groups is 1. The van der Waals surface area contributed by atoms with E-state index in [9.17, 15) is 4.79 Å². The Hall–Kier alpha value is -1.46. The number of nitrogens with zero attached hydrogens (tertiary/aromatic N) is 1. The van der Waals surface area contributed by atoms with Crippen LogP contribution >= 0.6 is 0 Å². The molecular weight excluding hydrogens is 192 g/mol. The minimum atomic E-state index is -0.490. The number of primary amides is 1. The van der Waals surface area contributed by atoms with Crippen LogP contribution in [0, 0.1) is 0 Å². The van der Waals surface area contributed by atoms with E-state index in [1.807, 2.05) is 0 Å². The number of rotatable bonds is 1. The molecule has 1 amide bonds. The summed E-state index contributed by atoms with van der Waals surface area (Å²) >= 11 is 0. The van der Waals surface area contributed by atoms with E-state index in [0.717, 1.165) is 26.2 Å². The van der Waals surface area contributed by atoms with Crippen LogP contribution in [0.1, 0.15) is 10.5 Å². The first kappa shape index (κ1) is 11.6. The van der Waals surface area contributed by atoms with Gasteiger partial charge in [-0.05, 0) is 12.1 Å². The Morgan fingerprint density at radius 2 is 1.80 bits per heavy atom. The van der Waals surface area contributed by atoms with E-state index in [-0.39, 0.29) is 0 Å². The first-order valence-corrected chi connectivity index (χ1v) is 4.93. The Bertz CT molecular complexity index is 273. The lowest BCUT2D eigenvalue weighted by Gasteiger charge is -2.11. The van der Waals surface area contributed by atoms with Crippen molar-refractivity contribution in [1.29, 1.82) is 0 Å². The molecule has 5 nitrogen and oxygen atoms in total. The predicted molar refractivity (Wildman–Crippen MR) is 58.5 cm³/mol. The van der Waals surface area contributed by atoms with Gasteiger partial charge in [0.25, 0.3) is 5.91 Å². The van der Waals surface area contributed by atoms with Gasteiger partial charge in [0.05, 0.1) is 0 Å². The second-order valence-electron chi connectivity index (χ2n) is 3.08. The number of carbonyl (C=O) groups excluding carboxylic acids is 1. The van der Waals surface area contributed by atoms with Crippen molar-refractivity contribution in [2.45, 2.75) is 0 Å². The third-order valence-electron chi connectivity index (χ3n) is 1.87. The minimum absolute atomic E-state index is 0.303. The molecule has 15 heavy (non-hydrogen) atoms. The maximum Gasteiger partial charge on any atom is 0.267 e. The summed E-state index contributed by atoms with van der Waals surface area (Å²) in [5.41, 5.74) is 5.22. The zero-order chi connectivity index (χ0) is 10.9. The monoisotopic (exact) mass is 208 g/mol. The fourth-order valence-electron chi connectivity index (χ4n) is 1.11. The summed E-state index contributed by atoms with van der Waals surface area (Å²) in [6.45, 7) is 4.56. The average molecular weight is 208 g/mol. The molecule has 0 spiro atoms. The molecule has 0 bridgehead atoms. The van der Waals surface area contributed by atoms with E-state index in [0.29, 0.717) is 5.69 Å². The Balaban J connectivity index is 0.000000162. The van der Waals surface area contributed by atoms with Crippen LogP contribution in [-0.2, 0) is 0 Å². The maximum atomic E-state index is 10.4. The summed E-state index contributed by atoms with van der Waals surface area (Å²) in [6.07, 6.45) is 1.53. The van der Waals surface area contributed by atoms with Crippen molar-refractivity contribution in [2.24, 2.45) is 5.73 Å². The number of hydrogen-bond acceptors (Lipinski definition) is 4. The topological polar surface area (TPSA) is 80.0 Å². The quantitative estimate of drug-likeness (QED) is 0.573. The van der Waals surface area contributed by atoms with Gasteiger partial charge in [-0.15, -0.1) is 0 Å². The van der Waals surface area contributed by atoms with Crippen LogP contribution < -0.4 is 16.4 Å². The molecule has 0 radical (unpaired) electrons. The van der Waals surface area contributed by atoms with E-state index < -0.39 is 5.91 Å². The van der Waals surface area contributed by atoms with E-state index in [1.165, 1.54) is 6.20 Å². The Morgan fingerprint density at radius 1 is 1.20 bits per heavy atom. The SMILES string of the molecule is C1CNCCN1.NC(=O)c1ccccn1. The molecule has 2 heterocycles. The molecule has 1 fully saturated rings. The summed E-state index contributed by atoms with van der Waals surface area (Å²) in [7, 11) is 0. The van der Waals surface area contributed by atoms with Gasteiger partial charge in [0, 0.05) is 32.4 Å². The van der Waals surface area contributed by atoms with Crippen molar-refractivity contribution >= 4 is 5.91 Å². The van der Waals surface area contributed by atoms with Crippen molar-refractivity contribution in [3.8, 4) is 0 Å². The number of hydrogen-bond donors (Lipinski definition) is 3. The van der Waals surface area contributed by atoms with E-state index in [1.54, 1.807) is 18.2 Å². The van der Waals surface area contributed by atoms with E-state index >= 15 is 0 Å². The third kappa shape index (κ3) is 5.09. The highest BCUT2D eigenvalue weighted by Crippen LogP contribution is 1.88. The number of nitrogens with one attached hydrogen (secondary N) is 2. The molecule has 1 aromatic heterocycles. The molecule has 4 N–H and O–H groups in total. The van der Waals surface area contributed by atoms with Crippen molar-refractivity contribution < 1.29 is 4.79 Å². The minimum Gasteiger partial charge on any atom is -0.364 e. The van der Waals surface area contributed by atoms with Crippen LogP contribution in [0.2, 0.25) is 0 Å². The van der Waals surface area contributed by atoms with Gasteiger partial charge in [0.2, 0.25) is 0 Å². The van der Waals surface area contributed by atoms with Crippen molar-refractivity contribution in [3.05, 3.63) is 30.1 Å². The van der Waals surface area contributed by atoms with Gasteiger partial charge >= 0.3 is 0 Å². The van der Waals surface area contributed by atoms with Crippen LogP contribution in [0.5, 0.6) is 0 Å². The number of pyridine rings is 1. The van der Waals surface area contributed by atoms with E-state index in [2.05, 4.69) is 15.6 Å². The number of amides is 1. The molecule has 0 aliphatic carbocycles. The normalized spacial score (nSPS) is 14.9. The summed E-state index contributed by atoms with van der Waals surface area (Å²) in [6, 6.07) is 5.02. The molecule has 1 aliphatic heterocycles. The Kier molecular flexibility index (Phi) is 5.35. The predicted octanol–water partition coefficient (Wildman–Crippen LogP) is -0.640. The maximum absolute atomic E-state index is 10.4. The van der Waals surface area contributed by atoms with E-state index in [4.69, 9.17) is 5.73 Å². The van der Waals surface area contributed by atoms with Gasteiger partial charge in [-0.25, -0.2) is 0 Å².